The van der Waals surface area contributed by atoms with Gasteiger partial charge in [0, 0.05) is 17.4 Å². The van der Waals surface area contributed by atoms with E-state index in [9.17, 15) is 30.4 Å². The molecule has 0 aliphatic carbocycles. The summed E-state index contributed by atoms with van der Waals surface area (Å²) in [6.07, 6.45) is -4.19. The van der Waals surface area contributed by atoms with Gasteiger partial charge in [-0.15, -0.1) is 0 Å². The van der Waals surface area contributed by atoms with E-state index in [0.717, 1.165) is 5.56 Å². The van der Waals surface area contributed by atoms with Gasteiger partial charge < -0.3 is 4.98 Å². The molecule has 0 unspecified atom stereocenters. The molecule has 0 radical (unpaired) electrons. The van der Waals surface area contributed by atoms with Crippen LogP contribution in [0.5, 0.6) is 0 Å². The highest BCUT2D eigenvalue weighted by atomic mass is 32.2. The smallest absolute Gasteiger partial charge is 0.334 e. The molecule has 0 atom stereocenters. The van der Waals surface area contributed by atoms with Crippen LogP contribution in [0.15, 0.2) is 41.3 Å². The summed E-state index contributed by atoms with van der Waals surface area (Å²) in [7, 11) is -4.21. The van der Waals surface area contributed by atoms with Crippen molar-refractivity contribution in [3.05, 3.63) is 59.4 Å². The molecule has 10 heteroatoms. The van der Waals surface area contributed by atoms with Crippen molar-refractivity contribution in [1.82, 2.24) is 9.97 Å². The highest BCUT2D eigenvalue weighted by Crippen LogP contribution is 2.37. The fraction of sp³-hybridized carbons (Fsp3) is 0.167. The molecule has 0 aliphatic heterocycles. The SMILES string of the molecule is Cc1cccc(-c2[nH]c(C(F)(F)F)nc2-c2cc(F)c(S(C)(=O)=O)c(F)c2)c1. The molecule has 1 aromatic heterocycles. The normalized spacial score (nSPS) is 12.4. The van der Waals surface area contributed by atoms with Crippen molar-refractivity contribution in [1.29, 1.82) is 0 Å². The summed E-state index contributed by atoms with van der Waals surface area (Å²) >= 11 is 0. The zero-order valence-electron chi connectivity index (χ0n) is 14.5. The summed E-state index contributed by atoms with van der Waals surface area (Å²) in [5.41, 5.74) is 0.297. The number of benzene rings is 2. The van der Waals surface area contributed by atoms with Gasteiger partial charge in [-0.3, -0.25) is 0 Å². The third-order valence-corrected chi connectivity index (χ3v) is 5.05. The first-order valence-corrected chi connectivity index (χ1v) is 9.71. The first-order chi connectivity index (χ1) is 12.9. The van der Waals surface area contributed by atoms with Gasteiger partial charge in [0.1, 0.15) is 16.5 Å². The van der Waals surface area contributed by atoms with E-state index < -0.39 is 38.4 Å². The topological polar surface area (TPSA) is 62.8 Å². The monoisotopic (exact) mass is 416 g/mol. The number of hydrogen-bond acceptors (Lipinski definition) is 3. The van der Waals surface area contributed by atoms with Gasteiger partial charge in [-0.2, -0.15) is 13.2 Å². The summed E-state index contributed by atoms with van der Waals surface area (Å²) in [5, 5.41) is 0. The van der Waals surface area contributed by atoms with Crippen LogP contribution in [0, 0.1) is 18.6 Å². The number of sulfone groups is 1. The summed E-state index contributed by atoms with van der Waals surface area (Å²) in [5.74, 6) is -4.17. The second kappa shape index (κ2) is 6.69. The largest absolute Gasteiger partial charge is 0.449 e. The number of H-pyrrole nitrogens is 1. The number of alkyl halides is 3. The lowest BCUT2D eigenvalue weighted by molar-refractivity contribution is -0.144. The quantitative estimate of drug-likeness (QED) is 0.627. The molecule has 0 saturated heterocycles. The lowest BCUT2D eigenvalue weighted by atomic mass is 10.0. The number of nitrogens with one attached hydrogen (secondary N) is 1. The van der Waals surface area contributed by atoms with Gasteiger partial charge in [0.15, 0.2) is 9.84 Å². The third-order valence-electron chi connectivity index (χ3n) is 3.92. The number of aromatic nitrogens is 2. The van der Waals surface area contributed by atoms with Crippen LogP contribution in [0.3, 0.4) is 0 Å². The van der Waals surface area contributed by atoms with E-state index in [0.29, 0.717) is 24.0 Å². The van der Waals surface area contributed by atoms with E-state index in [-0.39, 0.29) is 17.0 Å². The van der Waals surface area contributed by atoms with E-state index in [2.05, 4.69) is 9.97 Å². The van der Waals surface area contributed by atoms with E-state index in [4.69, 9.17) is 0 Å². The highest BCUT2D eigenvalue weighted by molar-refractivity contribution is 7.90. The molecule has 0 bridgehead atoms. The van der Waals surface area contributed by atoms with Crippen molar-refractivity contribution in [3.63, 3.8) is 0 Å². The molecule has 0 saturated carbocycles. The maximum atomic E-state index is 14.3. The maximum absolute atomic E-state index is 14.3. The van der Waals surface area contributed by atoms with Crippen molar-refractivity contribution < 1.29 is 30.4 Å². The predicted octanol–water partition coefficient (Wildman–Crippen LogP) is 4.75. The Morgan fingerprint density at radius 3 is 2.11 bits per heavy atom. The summed E-state index contributed by atoms with van der Waals surface area (Å²) < 4.78 is 91.0. The van der Waals surface area contributed by atoms with Crippen molar-refractivity contribution in [3.8, 4) is 22.5 Å². The Hall–Kier alpha value is -2.75. The number of aryl methyl sites for hydroxylation is 1. The minimum atomic E-state index is -4.82. The standard InChI is InChI=1S/C18H13F5N2O2S/c1-9-4-3-5-10(6-9)14-15(25-17(24-14)18(21,22)23)11-7-12(19)16(13(20)8-11)28(2,26)27/h3-8H,1-2H3,(H,24,25). The number of aromatic amines is 1. The molecule has 4 nitrogen and oxygen atoms in total. The summed E-state index contributed by atoms with van der Waals surface area (Å²) in [6, 6.07) is 7.72. The fourth-order valence-electron chi connectivity index (χ4n) is 2.78. The van der Waals surface area contributed by atoms with Gasteiger partial charge in [-0.05, 0) is 25.1 Å². The van der Waals surface area contributed by atoms with Crippen LogP contribution in [0.1, 0.15) is 11.4 Å². The van der Waals surface area contributed by atoms with E-state index in [1.807, 2.05) is 0 Å². The zero-order valence-corrected chi connectivity index (χ0v) is 15.3. The van der Waals surface area contributed by atoms with Gasteiger partial charge in [0.05, 0.1) is 11.4 Å². The average Bonchev–Trinajstić information content (AvgIpc) is 2.98. The van der Waals surface area contributed by atoms with Crippen LogP contribution in [0.2, 0.25) is 0 Å². The van der Waals surface area contributed by atoms with E-state index in [1.54, 1.807) is 25.1 Å². The van der Waals surface area contributed by atoms with Gasteiger partial charge in [0.2, 0.25) is 5.82 Å². The van der Waals surface area contributed by atoms with Crippen molar-refractivity contribution in [2.75, 3.05) is 6.26 Å². The predicted molar refractivity (Wildman–Crippen MR) is 92.2 cm³/mol. The number of nitrogens with zero attached hydrogens (tertiary/aromatic N) is 1. The Morgan fingerprint density at radius 2 is 1.61 bits per heavy atom. The average molecular weight is 416 g/mol. The molecule has 3 rings (SSSR count). The zero-order chi connectivity index (χ0) is 20.9. The Balaban J connectivity index is 2.29. The molecule has 28 heavy (non-hydrogen) atoms. The van der Waals surface area contributed by atoms with Crippen LogP contribution in [0.4, 0.5) is 22.0 Å². The van der Waals surface area contributed by atoms with E-state index in [1.165, 1.54) is 6.07 Å². The molecule has 0 amide bonds. The Kier molecular flexibility index (Phi) is 4.78. The molecule has 0 spiro atoms. The molecule has 148 valence electrons. The van der Waals surface area contributed by atoms with Gasteiger partial charge in [-0.1, -0.05) is 23.8 Å². The molecule has 2 aromatic carbocycles. The Labute approximate surface area is 157 Å². The molecule has 1 N–H and O–H groups in total. The minimum Gasteiger partial charge on any atom is -0.334 e. The van der Waals surface area contributed by atoms with Crippen LogP contribution in [-0.4, -0.2) is 24.6 Å². The lowest BCUT2D eigenvalue weighted by Gasteiger charge is -2.08. The Bertz CT molecular complexity index is 1140. The van der Waals surface area contributed by atoms with Crippen LogP contribution >= 0.6 is 0 Å². The lowest BCUT2D eigenvalue weighted by Crippen LogP contribution is -2.07. The molecule has 0 aliphatic rings. The first kappa shape index (κ1) is 20.0. The summed E-state index contributed by atoms with van der Waals surface area (Å²) in [4.78, 5) is 4.46. The molecule has 0 fully saturated rings. The minimum absolute atomic E-state index is 0.0954. The van der Waals surface area contributed by atoms with Gasteiger partial charge >= 0.3 is 6.18 Å². The van der Waals surface area contributed by atoms with Crippen molar-refractivity contribution >= 4 is 9.84 Å². The van der Waals surface area contributed by atoms with Crippen LogP contribution in [0.25, 0.3) is 22.5 Å². The van der Waals surface area contributed by atoms with Gasteiger partial charge in [-0.25, -0.2) is 22.2 Å². The Morgan fingerprint density at radius 1 is 1.00 bits per heavy atom. The number of rotatable bonds is 3. The third kappa shape index (κ3) is 3.77. The number of imidazole rings is 1. The van der Waals surface area contributed by atoms with Crippen LogP contribution < -0.4 is 0 Å². The van der Waals surface area contributed by atoms with Gasteiger partial charge in [0.25, 0.3) is 0 Å². The molecule has 3 aromatic rings. The van der Waals surface area contributed by atoms with Crippen LogP contribution in [-0.2, 0) is 16.0 Å². The molecule has 1 heterocycles. The number of halogens is 5. The fourth-order valence-corrected chi connectivity index (χ4v) is 3.60. The highest BCUT2D eigenvalue weighted by Gasteiger charge is 2.36. The van der Waals surface area contributed by atoms with E-state index >= 15 is 0 Å². The molecular formula is C18H13F5N2O2S. The summed E-state index contributed by atoms with van der Waals surface area (Å²) in [6.45, 7) is 1.73. The molecular weight excluding hydrogens is 403 g/mol. The first-order valence-electron chi connectivity index (χ1n) is 7.81. The number of hydrogen-bond donors (Lipinski definition) is 1. The second-order valence-electron chi connectivity index (χ2n) is 6.22. The van der Waals surface area contributed by atoms with Crippen molar-refractivity contribution in [2.24, 2.45) is 0 Å². The second-order valence-corrected chi connectivity index (χ2v) is 8.17. The maximum Gasteiger partial charge on any atom is 0.449 e. The van der Waals surface area contributed by atoms with Crippen molar-refractivity contribution in [2.45, 2.75) is 18.0 Å².